The van der Waals surface area contributed by atoms with E-state index in [9.17, 15) is 24.2 Å². The van der Waals surface area contributed by atoms with Crippen LogP contribution in [0.15, 0.2) is 78.2 Å². The third-order valence-electron chi connectivity index (χ3n) is 7.30. The Bertz CT molecular complexity index is 1800. The molecular weight excluding hydrogens is 545 g/mol. The Morgan fingerprint density at radius 3 is 2.50 bits per heavy atom. The van der Waals surface area contributed by atoms with E-state index >= 15 is 0 Å². The van der Waals surface area contributed by atoms with E-state index in [1.807, 2.05) is 0 Å². The zero-order valence-corrected chi connectivity index (χ0v) is 22.3. The van der Waals surface area contributed by atoms with Crippen molar-refractivity contribution in [2.45, 2.75) is 31.6 Å². The molecule has 0 saturated carbocycles. The van der Waals surface area contributed by atoms with E-state index in [0.717, 1.165) is 0 Å². The molecule has 1 aliphatic heterocycles. The van der Waals surface area contributed by atoms with Gasteiger partial charge >= 0.3 is 6.01 Å². The Balaban J connectivity index is 1.12. The topological polar surface area (TPSA) is 148 Å². The van der Waals surface area contributed by atoms with E-state index in [0.29, 0.717) is 30.1 Å². The van der Waals surface area contributed by atoms with E-state index in [2.05, 4.69) is 20.1 Å². The SMILES string of the molecule is O=C(c1ccc(Oc2ncccn2)cc1)N1CCC(O)(Cn2cnc3c(cnn3-c3ccc(F)c(CO)c3)c2=O)CC1. The highest BCUT2D eigenvalue weighted by atomic mass is 19.1. The predicted octanol–water partition coefficient (Wildman–Crippen LogP) is 2.46. The van der Waals surface area contributed by atoms with Crippen LogP contribution in [0.25, 0.3) is 16.7 Å². The van der Waals surface area contributed by atoms with E-state index in [1.54, 1.807) is 47.6 Å². The van der Waals surface area contributed by atoms with Crippen molar-refractivity contribution in [1.82, 2.24) is 34.2 Å². The van der Waals surface area contributed by atoms with Crippen LogP contribution in [0.3, 0.4) is 0 Å². The fourth-order valence-corrected chi connectivity index (χ4v) is 4.96. The molecule has 13 heteroatoms. The van der Waals surface area contributed by atoms with Crippen molar-refractivity contribution in [2.75, 3.05) is 13.1 Å². The van der Waals surface area contributed by atoms with Crippen LogP contribution in [0.2, 0.25) is 0 Å². The van der Waals surface area contributed by atoms with Gasteiger partial charge in [0.2, 0.25) is 0 Å². The molecule has 42 heavy (non-hydrogen) atoms. The molecule has 0 radical (unpaired) electrons. The Morgan fingerprint density at radius 1 is 1.05 bits per heavy atom. The van der Waals surface area contributed by atoms with Gasteiger partial charge in [-0.2, -0.15) is 5.10 Å². The number of fused-ring (bicyclic) bond motifs is 1. The summed E-state index contributed by atoms with van der Waals surface area (Å²) in [5, 5.41) is 25.2. The maximum Gasteiger partial charge on any atom is 0.321 e. The molecule has 0 bridgehead atoms. The first kappa shape index (κ1) is 27.2. The molecule has 2 aromatic carbocycles. The normalized spacial score (nSPS) is 14.7. The summed E-state index contributed by atoms with van der Waals surface area (Å²) in [7, 11) is 0. The van der Waals surface area contributed by atoms with Gasteiger partial charge in [-0.15, -0.1) is 0 Å². The van der Waals surface area contributed by atoms with Gasteiger partial charge in [-0.1, -0.05) is 0 Å². The van der Waals surface area contributed by atoms with Crippen molar-refractivity contribution in [3.63, 3.8) is 0 Å². The molecule has 1 amide bonds. The number of aromatic nitrogens is 6. The fourth-order valence-electron chi connectivity index (χ4n) is 4.96. The van der Waals surface area contributed by atoms with E-state index in [4.69, 9.17) is 4.74 Å². The molecule has 4 heterocycles. The monoisotopic (exact) mass is 571 g/mol. The second-order valence-corrected chi connectivity index (χ2v) is 10.1. The fraction of sp³-hybridized carbons (Fsp3) is 0.241. The van der Waals surface area contributed by atoms with Crippen LogP contribution in [-0.4, -0.2) is 69.0 Å². The third kappa shape index (κ3) is 5.34. The lowest BCUT2D eigenvalue weighted by Gasteiger charge is -2.38. The molecular formula is C29H26FN7O5. The minimum Gasteiger partial charge on any atom is -0.424 e. The summed E-state index contributed by atoms with van der Waals surface area (Å²) in [5.41, 5.74) is -0.301. The van der Waals surface area contributed by atoms with Crippen molar-refractivity contribution in [2.24, 2.45) is 0 Å². The van der Waals surface area contributed by atoms with Gasteiger partial charge in [0, 0.05) is 36.6 Å². The lowest BCUT2D eigenvalue weighted by Crippen LogP contribution is -2.49. The number of carbonyl (C=O) groups is 1. The first-order valence-corrected chi connectivity index (χ1v) is 13.2. The van der Waals surface area contributed by atoms with Crippen LogP contribution in [0.5, 0.6) is 11.8 Å². The highest BCUT2D eigenvalue weighted by Gasteiger charge is 2.35. The summed E-state index contributed by atoms with van der Waals surface area (Å²) >= 11 is 0. The minimum absolute atomic E-state index is 0.000779. The quantitative estimate of drug-likeness (QED) is 0.301. The van der Waals surface area contributed by atoms with Gasteiger partial charge in [-0.3, -0.25) is 14.2 Å². The van der Waals surface area contributed by atoms with Gasteiger partial charge in [-0.25, -0.2) is 24.0 Å². The van der Waals surface area contributed by atoms with E-state index in [-0.39, 0.29) is 53.5 Å². The molecule has 0 spiro atoms. The maximum atomic E-state index is 13.8. The Morgan fingerprint density at radius 2 is 1.79 bits per heavy atom. The van der Waals surface area contributed by atoms with Crippen LogP contribution in [0.4, 0.5) is 4.39 Å². The molecule has 0 aliphatic carbocycles. The van der Waals surface area contributed by atoms with Crippen molar-refractivity contribution in [3.8, 4) is 17.4 Å². The molecule has 2 N–H and O–H groups in total. The second-order valence-electron chi connectivity index (χ2n) is 10.1. The average Bonchev–Trinajstić information content (AvgIpc) is 3.45. The number of carbonyl (C=O) groups excluding carboxylic acids is 1. The molecule has 5 aromatic rings. The van der Waals surface area contributed by atoms with Crippen LogP contribution < -0.4 is 10.3 Å². The largest absolute Gasteiger partial charge is 0.424 e. The number of rotatable bonds is 7. The number of ether oxygens (including phenoxy) is 1. The minimum atomic E-state index is -1.22. The summed E-state index contributed by atoms with van der Waals surface area (Å²) in [6.07, 6.45) is 6.41. The van der Waals surface area contributed by atoms with Gasteiger partial charge in [0.15, 0.2) is 5.65 Å². The van der Waals surface area contributed by atoms with Crippen LogP contribution in [0.1, 0.15) is 28.8 Å². The number of halogens is 1. The van der Waals surface area contributed by atoms with Gasteiger partial charge in [0.1, 0.15) is 23.3 Å². The van der Waals surface area contributed by atoms with Gasteiger partial charge < -0.3 is 19.8 Å². The number of hydrogen-bond donors (Lipinski definition) is 2. The smallest absolute Gasteiger partial charge is 0.321 e. The summed E-state index contributed by atoms with van der Waals surface area (Å²) < 4.78 is 22.1. The van der Waals surface area contributed by atoms with Gasteiger partial charge in [0.05, 0.1) is 30.6 Å². The number of nitrogens with zero attached hydrogens (tertiary/aromatic N) is 7. The number of benzene rings is 2. The van der Waals surface area contributed by atoms with Crippen molar-refractivity contribution < 1.29 is 24.1 Å². The first-order valence-electron chi connectivity index (χ1n) is 13.2. The van der Waals surface area contributed by atoms with Gasteiger partial charge in [0.25, 0.3) is 11.5 Å². The standard InChI is InChI=1S/C29H26FN7O5/c30-24-7-4-21(14-20(24)16-38)37-25-23(15-34-37)27(40)36(18-33-25)17-29(41)8-12-35(13-9-29)26(39)19-2-5-22(6-3-19)42-28-31-10-1-11-32-28/h1-7,10-11,14-15,18,38,41H,8-9,12-13,16-17H2. The maximum absolute atomic E-state index is 13.8. The van der Waals surface area contributed by atoms with Crippen LogP contribution in [-0.2, 0) is 13.2 Å². The highest BCUT2D eigenvalue weighted by Crippen LogP contribution is 2.26. The third-order valence-corrected chi connectivity index (χ3v) is 7.30. The zero-order chi connectivity index (χ0) is 29.3. The number of piperidine rings is 1. The Kier molecular flexibility index (Phi) is 7.19. The summed E-state index contributed by atoms with van der Waals surface area (Å²) in [6, 6.07) is 12.7. The molecule has 12 nitrogen and oxygen atoms in total. The summed E-state index contributed by atoms with van der Waals surface area (Å²) in [6.45, 7) is 0.143. The molecule has 214 valence electrons. The number of hydrogen-bond acceptors (Lipinski definition) is 9. The Hall–Kier alpha value is -5.01. The Labute approximate surface area is 238 Å². The highest BCUT2D eigenvalue weighted by molar-refractivity contribution is 5.94. The van der Waals surface area contributed by atoms with Crippen LogP contribution in [0, 0.1) is 5.82 Å². The number of aliphatic hydroxyl groups is 2. The zero-order valence-electron chi connectivity index (χ0n) is 22.3. The predicted molar refractivity (Wildman–Crippen MR) is 148 cm³/mol. The molecule has 1 aliphatic rings. The first-order chi connectivity index (χ1) is 20.3. The van der Waals surface area contributed by atoms with E-state index in [1.165, 1.54) is 40.0 Å². The van der Waals surface area contributed by atoms with Crippen molar-refractivity contribution in [1.29, 1.82) is 0 Å². The van der Waals surface area contributed by atoms with E-state index < -0.39 is 18.0 Å². The lowest BCUT2D eigenvalue weighted by atomic mass is 9.91. The average molecular weight is 572 g/mol. The van der Waals surface area contributed by atoms with Gasteiger partial charge in [-0.05, 0) is 61.4 Å². The van der Waals surface area contributed by atoms with Crippen molar-refractivity contribution in [3.05, 3.63) is 101 Å². The molecule has 1 fully saturated rings. The molecule has 0 atom stereocenters. The number of aliphatic hydroxyl groups excluding tert-OH is 1. The lowest BCUT2D eigenvalue weighted by molar-refractivity contribution is -0.0299. The molecule has 6 rings (SSSR count). The van der Waals surface area contributed by atoms with Crippen LogP contribution >= 0.6 is 0 Å². The number of amides is 1. The number of likely N-dealkylation sites (tertiary alicyclic amines) is 1. The molecule has 1 saturated heterocycles. The summed E-state index contributed by atoms with van der Waals surface area (Å²) in [5.74, 6) is -0.215. The second kappa shape index (κ2) is 11.1. The summed E-state index contributed by atoms with van der Waals surface area (Å²) in [4.78, 5) is 40.4. The molecule has 0 unspecified atom stereocenters. The van der Waals surface area contributed by atoms with Crippen molar-refractivity contribution >= 4 is 16.9 Å². The molecule has 3 aromatic heterocycles.